The van der Waals surface area contributed by atoms with Crippen LogP contribution in [0.3, 0.4) is 0 Å². The Bertz CT molecular complexity index is 1070. The van der Waals surface area contributed by atoms with Crippen LogP contribution in [-0.2, 0) is 11.2 Å². The number of imidazole rings is 1. The van der Waals surface area contributed by atoms with Gasteiger partial charge in [0.05, 0.1) is 17.1 Å². The molecule has 0 aliphatic heterocycles. The molecule has 0 saturated heterocycles. The van der Waals surface area contributed by atoms with Gasteiger partial charge in [0.15, 0.2) is 0 Å². The number of nitrogens with zero attached hydrogens (tertiary/aromatic N) is 1. The van der Waals surface area contributed by atoms with Gasteiger partial charge in [-0.15, -0.1) is 0 Å². The smallest absolute Gasteiger partial charge is 0.220 e. The number of carbonyl (C=O) groups is 1. The van der Waals surface area contributed by atoms with E-state index in [9.17, 15) is 9.18 Å². The molecule has 1 unspecified atom stereocenters. The molecule has 0 spiro atoms. The molecule has 1 atom stereocenters. The van der Waals surface area contributed by atoms with E-state index in [0.29, 0.717) is 24.8 Å². The molecule has 4 aromatic rings. The molecule has 0 bridgehead atoms. The zero-order valence-electron chi connectivity index (χ0n) is 15.0. The molecule has 0 radical (unpaired) electrons. The number of rotatable bonds is 6. The Labute approximate surface area is 155 Å². The first-order valence-corrected chi connectivity index (χ1v) is 9.00. The van der Waals surface area contributed by atoms with E-state index in [0.717, 1.165) is 28.1 Å². The first kappa shape index (κ1) is 17.3. The molecule has 5 nitrogen and oxygen atoms in total. The van der Waals surface area contributed by atoms with Gasteiger partial charge in [-0.05, 0) is 43.7 Å². The summed E-state index contributed by atoms with van der Waals surface area (Å²) >= 11 is 0. The number of nitrogens with one attached hydrogen (secondary N) is 2. The van der Waals surface area contributed by atoms with E-state index >= 15 is 0 Å². The van der Waals surface area contributed by atoms with E-state index in [1.807, 2.05) is 37.3 Å². The van der Waals surface area contributed by atoms with Crippen LogP contribution in [0.1, 0.15) is 37.4 Å². The number of hydrogen-bond donors (Lipinski definition) is 2. The number of fused-ring (bicyclic) bond motifs is 2. The van der Waals surface area contributed by atoms with Crippen molar-refractivity contribution in [2.75, 3.05) is 0 Å². The summed E-state index contributed by atoms with van der Waals surface area (Å²) in [6, 6.07) is 14.0. The molecule has 4 rings (SSSR count). The third-order valence-electron chi connectivity index (χ3n) is 4.56. The number of carbonyl (C=O) groups excluding carboxylic acids is 1. The number of aromatic amines is 1. The lowest BCUT2D eigenvalue weighted by atomic mass is 10.2. The lowest BCUT2D eigenvalue weighted by Gasteiger charge is -2.11. The Kier molecular flexibility index (Phi) is 4.62. The highest BCUT2D eigenvalue weighted by Gasteiger charge is 2.14. The number of halogens is 1. The average Bonchev–Trinajstić information content (AvgIpc) is 3.24. The standard InChI is InChI=1S/C21H20FN3O2/c1-13(19-11-14-5-2-3-6-18(14)27-19)23-21(26)8-4-7-20-24-16-10-9-15(22)12-17(16)25-20/h2-3,5-6,9-13H,4,7-8H2,1H3,(H,23,26)(H,24,25). The zero-order chi connectivity index (χ0) is 18.8. The second-order valence-electron chi connectivity index (χ2n) is 6.67. The molecule has 2 aromatic carbocycles. The van der Waals surface area contributed by atoms with Crippen molar-refractivity contribution in [3.63, 3.8) is 0 Å². The highest BCUT2D eigenvalue weighted by atomic mass is 19.1. The third kappa shape index (κ3) is 3.84. The van der Waals surface area contributed by atoms with Crippen molar-refractivity contribution >= 4 is 27.9 Å². The summed E-state index contributed by atoms with van der Waals surface area (Å²) in [5.74, 6) is 1.17. The summed E-state index contributed by atoms with van der Waals surface area (Å²) in [7, 11) is 0. The van der Waals surface area contributed by atoms with Crippen LogP contribution in [0.2, 0.25) is 0 Å². The largest absolute Gasteiger partial charge is 0.459 e. The third-order valence-corrected chi connectivity index (χ3v) is 4.56. The van der Waals surface area contributed by atoms with Crippen molar-refractivity contribution in [3.8, 4) is 0 Å². The summed E-state index contributed by atoms with van der Waals surface area (Å²) in [6.45, 7) is 1.91. The Balaban J connectivity index is 1.30. The second kappa shape index (κ2) is 7.23. The van der Waals surface area contributed by atoms with E-state index in [2.05, 4.69) is 15.3 Å². The maximum atomic E-state index is 13.2. The van der Waals surface area contributed by atoms with Crippen molar-refractivity contribution in [2.24, 2.45) is 0 Å². The number of H-pyrrole nitrogens is 1. The Hall–Kier alpha value is -3.15. The topological polar surface area (TPSA) is 70.9 Å². The van der Waals surface area contributed by atoms with Gasteiger partial charge in [-0.25, -0.2) is 9.37 Å². The molecule has 138 valence electrons. The van der Waals surface area contributed by atoms with Crippen molar-refractivity contribution in [1.29, 1.82) is 0 Å². The fraction of sp³-hybridized carbons (Fsp3) is 0.238. The van der Waals surface area contributed by atoms with E-state index in [1.165, 1.54) is 12.1 Å². The number of aryl methyl sites for hydroxylation is 1. The minimum atomic E-state index is -0.295. The molecule has 0 fully saturated rings. The van der Waals surface area contributed by atoms with Crippen LogP contribution < -0.4 is 5.32 Å². The predicted molar refractivity (Wildman–Crippen MR) is 102 cm³/mol. The average molecular weight is 365 g/mol. The fourth-order valence-electron chi connectivity index (χ4n) is 3.17. The normalized spacial score (nSPS) is 12.5. The minimum Gasteiger partial charge on any atom is -0.459 e. The number of aromatic nitrogens is 2. The van der Waals surface area contributed by atoms with Crippen LogP contribution in [0.5, 0.6) is 0 Å². The van der Waals surface area contributed by atoms with Gasteiger partial charge < -0.3 is 14.7 Å². The van der Waals surface area contributed by atoms with Gasteiger partial charge in [0, 0.05) is 18.2 Å². The monoisotopic (exact) mass is 365 g/mol. The van der Waals surface area contributed by atoms with Crippen LogP contribution >= 0.6 is 0 Å². The molecule has 27 heavy (non-hydrogen) atoms. The maximum Gasteiger partial charge on any atom is 0.220 e. The molecular weight excluding hydrogens is 345 g/mol. The summed E-state index contributed by atoms with van der Waals surface area (Å²) in [6.07, 6.45) is 1.67. The molecule has 2 N–H and O–H groups in total. The van der Waals surface area contributed by atoms with Gasteiger partial charge in [-0.2, -0.15) is 0 Å². The number of amides is 1. The fourth-order valence-corrected chi connectivity index (χ4v) is 3.17. The van der Waals surface area contributed by atoms with E-state index in [4.69, 9.17) is 4.42 Å². The van der Waals surface area contributed by atoms with Gasteiger partial charge in [-0.3, -0.25) is 4.79 Å². The summed E-state index contributed by atoms with van der Waals surface area (Å²) in [5, 5.41) is 3.99. The molecule has 2 aromatic heterocycles. The van der Waals surface area contributed by atoms with Crippen LogP contribution in [0, 0.1) is 5.82 Å². The minimum absolute atomic E-state index is 0.0369. The summed E-state index contributed by atoms with van der Waals surface area (Å²) in [5.41, 5.74) is 2.22. The molecule has 1 amide bonds. The number of benzene rings is 2. The predicted octanol–water partition coefficient (Wildman–Crippen LogP) is 4.65. The Morgan fingerprint density at radius 2 is 2.11 bits per heavy atom. The van der Waals surface area contributed by atoms with Crippen LogP contribution in [0.25, 0.3) is 22.0 Å². The van der Waals surface area contributed by atoms with Crippen molar-refractivity contribution < 1.29 is 13.6 Å². The van der Waals surface area contributed by atoms with Crippen molar-refractivity contribution in [2.45, 2.75) is 32.2 Å². The van der Waals surface area contributed by atoms with Crippen LogP contribution in [0.15, 0.2) is 52.9 Å². The molecule has 0 aliphatic rings. The quantitative estimate of drug-likeness (QED) is 0.522. The van der Waals surface area contributed by atoms with Gasteiger partial charge in [0.2, 0.25) is 5.91 Å². The SMILES string of the molecule is CC(NC(=O)CCCc1nc2ccc(F)cc2[nH]1)c1cc2ccccc2o1. The highest BCUT2D eigenvalue weighted by Crippen LogP contribution is 2.23. The maximum absolute atomic E-state index is 13.2. The van der Waals surface area contributed by atoms with Gasteiger partial charge in [-0.1, -0.05) is 18.2 Å². The lowest BCUT2D eigenvalue weighted by molar-refractivity contribution is -0.121. The number of para-hydroxylation sites is 1. The zero-order valence-corrected chi connectivity index (χ0v) is 15.0. The van der Waals surface area contributed by atoms with E-state index in [-0.39, 0.29) is 17.8 Å². The molecule has 0 aliphatic carbocycles. The van der Waals surface area contributed by atoms with E-state index < -0.39 is 0 Å². The van der Waals surface area contributed by atoms with Gasteiger partial charge in [0.25, 0.3) is 0 Å². The first-order valence-electron chi connectivity index (χ1n) is 9.00. The molecular formula is C21H20FN3O2. The Morgan fingerprint density at radius 3 is 2.96 bits per heavy atom. The van der Waals surface area contributed by atoms with E-state index in [1.54, 1.807) is 6.07 Å². The van der Waals surface area contributed by atoms with Crippen LogP contribution in [-0.4, -0.2) is 15.9 Å². The summed E-state index contributed by atoms with van der Waals surface area (Å²) in [4.78, 5) is 19.7. The molecule has 2 heterocycles. The van der Waals surface area contributed by atoms with Gasteiger partial charge in [0.1, 0.15) is 23.0 Å². The number of furan rings is 1. The van der Waals surface area contributed by atoms with Crippen molar-refractivity contribution in [3.05, 3.63) is 65.9 Å². The second-order valence-corrected chi connectivity index (χ2v) is 6.67. The highest BCUT2D eigenvalue weighted by molar-refractivity contribution is 5.79. The van der Waals surface area contributed by atoms with Gasteiger partial charge >= 0.3 is 0 Å². The first-order chi connectivity index (χ1) is 13.1. The number of hydrogen-bond acceptors (Lipinski definition) is 3. The lowest BCUT2D eigenvalue weighted by Crippen LogP contribution is -2.26. The van der Waals surface area contributed by atoms with Crippen molar-refractivity contribution in [1.82, 2.24) is 15.3 Å². The Morgan fingerprint density at radius 1 is 1.26 bits per heavy atom. The van der Waals surface area contributed by atoms with Crippen LogP contribution in [0.4, 0.5) is 4.39 Å². The molecule has 0 saturated carbocycles. The molecule has 6 heteroatoms. The summed E-state index contributed by atoms with van der Waals surface area (Å²) < 4.78 is 19.0.